The highest BCUT2D eigenvalue weighted by molar-refractivity contribution is 7.99. The Morgan fingerprint density at radius 2 is 1.95 bits per heavy atom. The predicted molar refractivity (Wildman–Crippen MR) is 84.9 cm³/mol. The van der Waals surface area contributed by atoms with Crippen molar-refractivity contribution in [2.24, 2.45) is 0 Å². The summed E-state index contributed by atoms with van der Waals surface area (Å²) in [4.78, 5) is 23.2. The van der Waals surface area contributed by atoms with Gasteiger partial charge in [0, 0.05) is 0 Å². The first-order valence-corrected chi connectivity index (χ1v) is 7.56. The zero-order chi connectivity index (χ0) is 16.1. The van der Waals surface area contributed by atoms with E-state index in [1.807, 2.05) is 0 Å². The Kier molecular flexibility index (Phi) is 5.34. The van der Waals surface area contributed by atoms with Crippen LogP contribution in [-0.2, 0) is 10.5 Å². The molecule has 2 rings (SSSR count). The molecule has 1 aromatic heterocycles. The zero-order valence-electron chi connectivity index (χ0n) is 11.2. The molecular weight excluding hydrogens is 331 g/mol. The molecule has 0 radical (unpaired) electrons. The number of hydrogen-bond acceptors (Lipinski definition) is 7. The van der Waals surface area contributed by atoms with Gasteiger partial charge in [0.25, 0.3) is 0 Å². The van der Waals surface area contributed by atoms with Gasteiger partial charge in [-0.1, -0.05) is 11.6 Å². The summed E-state index contributed by atoms with van der Waals surface area (Å²) in [6, 6.07) is 3.74. The van der Waals surface area contributed by atoms with E-state index < -0.39 is 5.82 Å². The summed E-state index contributed by atoms with van der Waals surface area (Å²) in [5, 5.41) is 2.72. The number of nitrogens with two attached hydrogens (primary N) is 2. The zero-order valence-corrected chi connectivity index (χ0v) is 12.8. The number of rotatable bonds is 5. The number of aromatic nitrogens is 3. The van der Waals surface area contributed by atoms with E-state index in [4.69, 9.17) is 23.1 Å². The molecule has 22 heavy (non-hydrogen) atoms. The number of nitrogen functional groups attached to an aromatic ring is 2. The first kappa shape index (κ1) is 16.2. The normalized spacial score (nSPS) is 10.5. The highest BCUT2D eigenvalue weighted by Gasteiger charge is 2.08. The molecule has 1 aromatic carbocycles. The molecule has 116 valence electrons. The molecule has 7 nitrogen and oxygen atoms in total. The number of nitrogens with zero attached hydrogens (tertiary/aromatic N) is 3. The van der Waals surface area contributed by atoms with Crippen LogP contribution in [0.1, 0.15) is 5.82 Å². The average molecular weight is 343 g/mol. The van der Waals surface area contributed by atoms with Crippen molar-refractivity contribution in [3.63, 3.8) is 0 Å². The minimum absolute atomic E-state index is 0.0330. The van der Waals surface area contributed by atoms with Crippen LogP contribution in [-0.4, -0.2) is 26.6 Å². The number of nitrogens with one attached hydrogen (secondary N) is 1. The quantitative estimate of drug-likeness (QED) is 0.756. The highest BCUT2D eigenvalue weighted by Crippen LogP contribution is 2.22. The highest BCUT2D eigenvalue weighted by atomic mass is 35.5. The summed E-state index contributed by atoms with van der Waals surface area (Å²) in [5.74, 6) is 0.190. The molecular formula is C12H12ClFN6OS. The van der Waals surface area contributed by atoms with Gasteiger partial charge in [0.05, 0.1) is 22.2 Å². The van der Waals surface area contributed by atoms with Crippen LogP contribution >= 0.6 is 23.4 Å². The van der Waals surface area contributed by atoms with Gasteiger partial charge in [-0.05, 0) is 18.2 Å². The second kappa shape index (κ2) is 7.23. The molecule has 1 heterocycles. The van der Waals surface area contributed by atoms with Gasteiger partial charge in [-0.2, -0.15) is 15.0 Å². The van der Waals surface area contributed by atoms with Crippen molar-refractivity contribution in [1.82, 2.24) is 15.0 Å². The third kappa shape index (κ3) is 4.71. The van der Waals surface area contributed by atoms with Crippen LogP contribution in [0.3, 0.4) is 0 Å². The maximum atomic E-state index is 12.9. The summed E-state index contributed by atoms with van der Waals surface area (Å²) >= 11 is 7.09. The van der Waals surface area contributed by atoms with Crippen molar-refractivity contribution in [1.29, 1.82) is 0 Å². The molecule has 0 fully saturated rings. The molecule has 0 unspecified atom stereocenters. The Bertz CT molecular complexity index is 681. The van der Waals surface area contributed by atoms with Crippen molar-refractivity contribution in [2.45, 2.75) is 5.75 Å². The third-order valence-electron chi connectivity index (χ3n) is 2.39. The molecule has 0 saturated carbocycles. The number of benzene rings is 1. The third-order valence-corrected chi connectivity index (χ3v) is 3.63. The van der Waals surface area contributed by atoms with E-state index >= 15 is 0 Å². The van der Waals surface area contributed by atoms with Crippen LogP contribution in [0.2, 0.25) is 5.02 Å². The van der Waals surface area contributed by atoms with E-state index in [0.29, 0.717) is 17.3 Å². The number of halogens is 2. The van der Waals surface area contributed by atoms with Crippen molar-refractivity contribution in [3.8, 4) is 0 Å². The van der Waals surface area contributed by atoms with E-state index in [9.17, 15) is 9.18 Å². The van der Waals surface area contributed by atoms with E-state index in [2.05, 4.69) is 20.3 Å². The molecule has 0 bridgehead atoms. The number of thioether (sulfide) groups is 1. The topological polar surface area (TPSA) is 120 Å². The molecule has 0 aliphatic carbocycles. The fraction of sp³-hybridized carbons (Fsp3) is 0.167. The number of hydrogen-bond donors (Lipinski definition) is 3. The standard InChI is InChI=1S/C12H12ClFN6OS/c13-7-3-6(14)1-2-8(7)17-10(21)5-22-4-9-18-11(15)20-12(16)19-9/h1-3H,4-5H2,(H,17,21)(H4,15,16,18,19,20). The maximum Gasteiger partial charge on any atom is 0.234 e. The summed E-state index contributed by atoms with van der Waals surface area (Å²) in [6.45, 7) is 0. The van der Waals surface area contributed by atoms with Gasteiger partial charge in [0.15, 0.2) is 0 Å². The van der Waals surface area contributed by atoms with Gasteiger partial charge in [-0.3, -0.25) is 4.79 Å². The largest absolute Gasteiger partial charge is 0.368 e. The van der Waals surface area contributed by atoms with Crippen LogP contribution in [0.5, 0.6) is 0 Å². The van der Waals surface area contributed by atoms with E-state index in [1.165, 1.54) is 23.9 Å². The molecule has 0 spiro atoms. The number of amides is 1. The maximum absolute atomic E-state index is 12.9. The number of carbonyl (C=O) groups is 1. The minimum Gasteiger partial charge on any atom is -0.368 e. The Morgan fingerprint density at radius 1 is 1.27 bits per heavy atom. The van der Waals surface area contributed by atoms with Crippen molar-refractivity contribution >= 4 is 46.9 Å². The van der Waals surface area contributed by atoms with E-state index in [0.717, 1.165) is 6.07 Å². The van der Waals surface area contributed by atoms with Crippen molar-refractivity contribution in [2.75, 3.05) is 22.5 Å². The summed E-state index contributed by atoms with van der Waals surface area (Å²) < 4.78 is 12.9. The van der Waals surface area contributed by atoms with Crippen molar-refractivity contribution < 1.29 is 9.18 Å². The summed E-state index contributed by atoms with van der Waals surface area (Å²) in [6.07, 6.45) is 0. The lowest BCUT2D eigenvalue weighted by molar-refractivity contribution is -0.113. The van der Waals surface area contributed by atoms with Crippen molar-refractivity contribution in [3.05, 3.63) is 34.9 Å². The smallest absolute Gasteiger partial charge is 0.234 e. The van der Waals surface area contributed by atoms with Gasteiger partial charge in [0.1, 0.15) is 11.6 Å². The Morgan fingerprint density at radius 3 is 2.59 bits per heavy atom. The van der Waals surface area contributed by atoms with Crippen LogP contribution in [0.4, 0.5) is 22.0 Å². The molecule has 0 aliphatic rings. The minimum atomic E-state index is -0.470. The fourth-order valence-corrected chi connectivity index (χ4v) is 2.42. The van der Waals surface area contributed by atoms with E-state index in [1.54, 1.807) is 0 Å². The summed E-state index contributed by atoms with van der Waals surface area (Å²) in [7, 11) is 0. The van der Waals surface area contributed by atoms with Gasteiger partial charge in [-0.25, -0.2) is 4.39 Å². The average Bonchev–Trinajstić information content (AvgIpc) is 2.41. The Labute approximate surface area is 134 Å². The summed E-state index contributed by atoms with van der Waals surface area (Å²) in [5.41, 5.74) is 11.2. The van der Waals surface area contributed by atoms with Gasteiger partial charge < -0.3 is 16.8 Å². The molecule has 5 N–H and O–H groups in total. The van der Waals surface area contributed by atoms with Gasteiger partial charge in [0.2, 0.25) is 17.8 Å². The molecule has 1 amide bonds. The van der Waals surface area contributed by atoms with E-state index in [-0.39, 0.29) is 28.6 Å². The van der Waals surface area contributed by atoms with Crippen LogP contribution < -0.4 is 16.8 Å². The number of carbonyl (C=O) groups excluding carboxylic acids is 1. The number of anilines is 3. The first-order valence-electron chi connectivity index (χ1n) is 6.02. The molecule has 0 aliphatic heterocycles. The lowest BCUT2D eigenvalue weighted by Gasteiger charge is -2.07. The molecule has 0 saturated heterocycles. The molecule has 2 aromatic rings. The molecule has 0 atom stereocenters. The SMILES string of the molecule is Nc1nc(N)nc(CSCC(=O)Nc2ccc(F)cc2Cl)n1. The van der Waals surface area contributed by atoms with Crippen LogP contribution in [0.15, 0.2) is 18.2 Å². The predicted octanol–water partition coefficient (Wildman–Crippen LogP) is 1.70. The second-order valence-electron chi connectivity index (χ2n) is 4.13. The monoisotopic (exact) mass is 342 g/mol. The van der Waals surface area contributed by atoms with Gasteiger partial charge in [-0.15, -0.1) is 11.8 Å². The van der Waals surface area contributed by atoms with Gasteiger partial charge >= 0.3 is 0 Å². The molecule has 10 heteroatoms. The second-order valence-corrected chi connectivity index (χ2v) is 5.53. The van der Waals surface area contributed by atoms with Crippen LogP contribution in [0.25, 0.3) is 0 Å². The Balaban J connectivity index is 1.85. The van der Waals surface area contributed by atoms with Crippen LogP contribution in [0, 0.1) is 5.82 Å². The fourth-order valence-electron chi connectivity index (χ4n) is 1.53. The Hall–Kier alpha value is -2.13. The first-order chi connectivity index (χ1) is 10.4. The lowest BCUT2D eigenvalue weighted by atomic mass is 10.3. The lowest BCUT2D eigenvalue weighted by Crippen LogP contribution is -2.15.